The average molecular weight is 196 g/mol. The number of nitrogens with one attached hydrogen (secondary N) is 1. The van der Waals surface area contributed by atoms with E-state index in [1.165, 1.54) is 5.54 Å². The zero-order chi connectivity index (χ0) is 8.53. The third-order valence-corrected chi connectivity index (χ3v) is 0.883. The van der Waals surface area contributed by atoms with Gasteiger partial charge < -0.3 is 0 Å². The van der Waals surface area contributed by atoms with E-state index in [1.54, 1.807) is 24.3 Å². The first-order valence-electron chi connectivity index (χ1n) is 2.88. The summed E-state index contributed by atoms with van der Waals surface area (Å²) in [7, 11) is 0. The Labute approximate surface area is 75.1 Å². The van der Waals surface area contributed by atoms with Gasteiger partial charge in [-0.3, -0.25) is 0 Å². The van der Waals surface area contributed by atoms with Gasteiger partial charge in [-0.25, -0.2) is 5.54 Å². The van der Waals surface area contributed by atoms with E-state index in [0.29, 0.717) is 5.69 Å². The number of para-hydroxylation sites is 1. The largest absolute Gasteiger partial charge is 0.225 e. The van der Waals surface area contributed by atoms with Crippen molar-refractivity contribution in [2.24, 2.45) is 0 Å². The molecule has 0 aliphatic rings. The van der Waals surface area contributed by atoms with Crippen LogP contribution in [0, 0.1) is 0 Å². The molecule has 0 atom stereocenters. The first kappa shape index (κ1) is 10.5. The van der Waals surface area contributed by atoms with Gasteiger partial charge in [-0.15, -0.1) is 27.7 Å². The predicted octanol–water partition coefficient (Wildman–Crippen LogP) is 3.40. The van der Waals surface area contributed by atoms with Crippen LogP contribution >= 0.6 is 23.2 Å². The highest BCUT2D eigenvalue weighted by Crippen LogP contribution is 2.03. The molecule has 0 amide bonds. The fraction of sp³-hybridized carbons (Fsp3) is 0.143. The van der Waals surface area contributed by atoms with E-state index in [2.05, 4.69) is 0 Å². The summed E-state index contributed by atoms with van der Waals surface area (Å²) in [5, 5.41) is 0.194. The van der Waals surface area contributed by atoms with Crippen molar-refractivity contribution in [1.82, 2.24) is 0 Å². The van der Waals surface area contributed by atoms with Crippen LogP contribution in [0.5, 0.6) is 0 Å². The maximum atomic E-state index is 11.5. The van der Waals surface area contributed by atoms with Crippen molar-refractivity contribution in [3.63, 3.8) is 0 Å². The number of rotatable bonds is 1. The molecule has 0 aliphatic carbocycles. The molecule has 0 radical (unpaired) electrons. The lowest BCUT2D eigenvalue weighted by atomic mass is 10.3. The minimum atomic E-state index is 0.194. The summed E-state index contributed by atoms with van der Waals surface area (Å²) >= 11 is 9.53. The van der Waals surface area contributed by atoms with Gasteiger partial charge in [-0.2, -0.15) is 0 Å². The molecule has 1 nitrogen and oxygen atoms in total. The smallest absolute Gasteiger partial charge is 0.0967 e. The van der Waals surface area contributed by atoms with E-state index >= 15 is 0 Å². The van der Waals surface area contributed by atoms with Crippen molar-refractivity contribution in [2.75, 3.05) is 10.9 Å². The van der Waals surface area contributed by atoms with Gasteiger partial charge in [0, 0.05) is 0 Å². The van der Waals surface area contributed by atoms with Crippen LogP contribution in [-0.2, 0) is 0 Å². The Bertz CT molecular complexity index is 169. The van der Waals surface area contributed by atoms with Gasteiger partial charge in [0.25, 0.3) is 0 Å². The van der Waals surface area contributed by atoms with E-state index in [4.69, 9.17) is 23.2 Å². The zero-order valence-corrected chi connectivity index (χ0v) is 7.24. The minimum absolute atomic E-state index is 0.194. The molecule has 0 saturated heterocycles. The number of hydrogen-bond donors (Lipinski definition) is 1. The van der Waals surface area contributed by atoms with Crippen molar-refractivity contribution in [3.05, 3.63) is 30.3 Å². The molecular formula is C7H8Cl2FN. The Kier molecular flexibility index (Phi) is 7.31. The lowest BCUT2D eigenvalue weighted by molar-refractivity contribution is 0.618. The van der Waals surface area contributed by atoms with Crippen LogP contribution < -0.4 is 5.54 Å². The molecule has 11 heavy (non-hydrogen) atoms. The molecule has 62 valence electrons. The van der Waals surface area contributed by atoms with Crippen molar-refractivity contribution in [2.45, 2.75) is 0 Å². The standard InChI is InChI=1S/C6H6FN.CH2Cl2/c7-8-6-4-2-1-3-5-6;2-1-3/h1-5,8H;1H2. The molecule has 1 aromatic carbocycles. The van der Waals surface area contributed by atoms with E-state index < -0.39 is 0 Å². The molecule has 1 rings (SSSR count). The number of anilines is 1. The molecule has 0 saturated carbocycles. The van der Waals surface area contributed by atoms with Crippen LogP contribution in [0.2, 0.25) is 0 Å². The lowest BCUT2D eigenvalue weighted by Gasteiger charge is -1.89. The van der Waals surface area contributed by atoms with Gasteiger partial charge in [-0.05, 0) is 12.1 Å². The Morgan fingerprint density at radius 1 is 1.18 bits per heavy atom. The lowest BCUT2D eigenvalue weighted by Crippen LogP contribution is -1.77. The van der Waals surface area contributed by atoms with E-state index in [-0.39, 0.29) is 5.34 Å². The molecule has 0 spiro atoms. The molecular weight excluding hydrogens is 188 g/mol. The van der Waals surface area contributed by atoms with Crippen LogP contribution in [0.1, 0.15) is 0 Å². The Balaban J connectivity index is 0.000000292. The first-order chi connectivity index (χ1) is 5.35. The molecule has 0 unspecified atom stereocenters. The number of halogens is 3. The molecule has 0 fully saturated rings. The SMILES string of the molecule is ClCCl.FNc1ccccc1. The highest BCUT2D eigenvalue weighted by Gasteiger charge is 1.80. The third kappa shape index (κ3) is 5.95. The van der Waals surface area contributed by atoms with Gasteiger partial charge in [0.2, 0.25) is 0 Å². The molecule has 0 aliphatic heterocycles. The van der Waals surface area contributed by atoms with E-state index in [9.17, 15) is 4.48 Å². The van der Waals surface area contributed by atoms with Crippen LogP contribution in [0.4, 0.5) is 10.2 Å². The highest BCUT2D eigenvalue weighted by atomic mass is 35.5. The molecule has 0 bridgehead atoms. The van der Waals surface area contributed by atoms with Gasteiger partial charge in [-0.1, -0.05) is 18.2 Å². The summed E-state index contributed by atoms with van der Waals surface area (Å²) in [5.41, 5.74) is 2.02. The second-order valence-electron chi connectivity index (χ2n) is 1.56. The van der Waals surface area contributed by atoms with Crippen molar-refractivity contribution < 1.29 is 4.48 Å². The van der Waals surface area contributed by atoms with Crippen LogP contribution in [0.25, 0.3) is 0 Å². The number of alkyl halides is 2. The Morgan fingerprint density at radius 2 is 1.64 bits per heavy atom. The van der Waals surface area contributed by atoms with Crippen LogP contribution in [0.15, 0.2) is 30.3 Å². The highest BCUT2D eigenvalue weighted by molar-refractivity contribution is 6.40. The van der Waals surface area contributed by atoms with Gasteiger partial charge in [0.1, 0.15) is 0 Å². The summed E-state index contributed by atoms with van der Waals surface area (Å²) in [6.07, 6.45) is 0. The fourth-order valence-corrected chi connectivity index (χ4v) is 0.501. The average Bonchev–Trinajstić information content (AvgIpc) is 2.08. The van der Waals surface area contributed by atoms with Crippen molar-refractivity contribution >= 4 is 28.9 Å². The Morgan fingerprint density at radius 3 is 1.91 bits per heavy atom. The van der Waals surface area contributed by atoms with Crippen LogP contribution in [-0.4, -0.2) is 5.34 Å². The summed E-state index contributed by atoms with van der Waals surface area (Å²) in [4.78, 5) is 0. The second-order valence-corrected chi connectivity index (χ2v) is 2.37. The zero-order valence-electron chi connectivity index (χ0n) is 5.73. The maximum absolute atomic E-state index is 11.5. The minimum Gasteiger partial charge on any atom is -0.225 e. The third-order valence-electron chi connectivity index (χ3n) is 0.883. The normalized spacial score (nSPS) is 7.91. The maximum Gasteiger partial charge on any atom is 0.0967 e. The van der Waals surface area contributed by atoms with Gasteiger partial charge >= 0.3 is 0 Å². The fourth-order valence-electron chi connectivity index (χ4n) is 0.501. The van der Waals surface area contributed by atoms with Gasteiger partial charge in [0.05, 0.1) is 11.0 Å². The topological polar surface area (TPSA) is 12.0 Å². The first-order valence-corrected chi connectivity index (χ1v) is 3.95. The number of benzene rings is 1. The molecule has 1 N–H and O–H groups in total. The van der Waals surface area contributed by atoms with Crippen molar-refractivity contribution in [3.8, 4) is 0 Å². The summed E-state index contributed by atoms with van der Waals surface area (Å²) in [6, 6.07) is 8.67. The van der Waals surface area contributed by atoms with Crippen LogP contribution in [0.3, 0.4) is 0 Å². The molecule has 0 heterocycles. The summed E-state index contributed by atoms with van der Waals surface area (Å²) in [5.74, 6) is 0. The molecule has 0 aromatic heterocycles. The van der Waals surface area contributed by atoms with Gasteiger partial charge in [0.15, 0.2) is 0 Å². The summed E-state index contributed by atoms with van der Waals surface area (Å²) in [6.45, 7) is 0. The monoisotopic (exact) mass is 195 g/mol. The van der Waals surface area contributed by atoms with Crippen molar-refractivity contribution in [1.29, 1.82) is 0 Å². The quantitative estimate of drug-likeness (QED) is 0.536. The van der Waals surface area contributed by atoms with E-state index in [0.717, 1.165) is 0 Å². The number of hydrogen-bond acceptors (Lipinski definition) is 1. The Hall–Kier alpha value is -0.470. The molecule has 1 aromatic rings. The summed E-state index contributed by atoms with van der Waals surface area (Å²) < 4.78 is 11.5. The second kappa shape index (κ2) is 7.63. The predicted molar refractivity (Wildman–Crippen MR) is 47.7 cm³/mol. The molecule has 4 heteroatoms. The van der Waals surface area contributed by atoms with E-state index in [1.807, 2.05) is 6.07 Å².